The molecule has 1 heterocycles. The highest BCUT2D eigenvalue weighted by Gasteiger charge is 2.35. The van der Waals surface area contributed by atoms with Gasteiger partial charge in [0.25, 0.3) is 0 Å². The Hall–Kier alpha value is -2.18. The fourth-order valence-corrected chi connectivity index (χ4v) is 2.70. The van der Waals surface area contributed by atoms with Crippen molar-refractivity contribution >= 4 is 17.8 Å². The summed E-state index contributed by atoms with van der Waals surface area (Å²) in [5, 5.41) is 21.3. The number of carboxylic acids is 2. The fourth-order valence-electron chi connectivity index (χ4n) is 2.70. The minimum absolute atomic E-state index is 0.0390. The van der Waals surface area contributed by atoms with E-state index in [9.17, 15) is 9.59 Å². The molecule has 0 aliphatic heterocycles. The van der Waals surface area contributed by atoms with Crippen molar-refractivity contribution in [2.75, 3.05) is 5.32 Å². The summed E-state index contributed by atoms with van der Waals surface area (Å²) in [5.41, 5.74) is -0.661. The second-order valence-electron chi connectivity index (χ2n) is 5.13. The molecule has 1 saturated carbocycles. The van der Waals surface area contributed by atoms with E-state index in [1.54, 1.807) is 0 Å². The van der Waals surface area contributed by atoms with Gasteiger partial charge in [0.1, 0.15) is 17.7 Å². The summed E-state index contributed by atoms with van der Waals surface area (Å²) >= 11 is 0. The lowest BCUT2D eigenvalue weighted by molar-refractivity contribution is -0.138. The third-order valence-electron chi connectivity index (χ3n) is 3.63. The molecule has 0 saturated heterocycles. The smallest absolute Gasteiger partial charge is 0.341 e. The zero-order valence-corrected chi connectivity index (χ0v) is 11.0. The lowest BCUT2D eigenvalue weighted by Crippen LogP contribution is -2.43. The van der Waals surface area contributed by atoms with Gasteiger partial charge in [0, 0.05) is 11.7 Å². The van der Waals surface area contributed by atoms with Crippen molar-refractivity contribution in [2.45, 2.75) is 44.1 Å². The quantitative estimate of drug-likeness (QED) is 0.752. The number of aromatic nitrogens is 2. The second-order valence-corrected chi connectivity index (χ2v) is 5.13. The van der Waals surface area contributed by atoms with Crippen LogP contribution in [0.5, 0.6) is 0 Å². The molecule has 0 atom stereocenters. The Bertz CT molecular complexity index is 512. The van der Waals surface area contributed by atoms with Gasteiger partial charge in [-0.15, -0.1) is 0 Å². The predicted molar refractivity (Wildman–Crippen MR) is 70.7 cm³/mol. The molecule has 7 nitrogen and oxygen atoms in total. The van der Waals surface area contributed by atoms with Gasteiger partial charge >= 0.3 is 11.9 Å². The average molecular weight is 279 g/mol. The normalized spacial score (nSPS) is 17.4. The SMILES string of the molecule is O=C(O)CC1(Nc2ncncc2C(=O)O)CCCCC1. The van der Waals surface area contributed by atoms with Gasteiger partial charge in [-0.2, -0.15) is 0 Å². The van der Waals surface area contributed by atoms with Gasteiger partial charge < -0.3 is 15.5 Å². The maximum absolute atomic E-state index is 11.2. The largest absolute Gasteiger partial charge is 0.481 e. The molecule has 108 valence electrons. The number of hydrogen-bond donors (Lipinski definition) is 3. The van der Waals surface area contributed by atoms with E-state index in [0.29, 0.717) is 12.8 Å². The monoisotopic (exact) mass is 279 g/mol. The summed E-state index contributed by atoms with van der Waals surface area (Å²) in [6, 6.07) is 0. The number of rotatable bonds is 5. The summed E-state index contributed by atoms with van der Waals surface area (Å²) in [5.74, 6) is -1.84. The zero-order valence-electron chi connectivity index (χ0n) is 11.0. The van der Waals surface area contributed by atoms with Crippen LogP contribution in [0.1, 0.15) is 48.9 Å². The molecule has 0 amide bonds. The van der Waals surface area contributed by atoms with Gasteiger partial charge in [-0.25, -0.2) is 14.8 Å². The molecular weight excluding hydrogens is 262 g/mol. The van der Waals surface area contributed by atoms with Crippen molar-refractivity contribution in [3.63, 3.8) is 0 Å². The average Bonchev–Trinajstić information content (AvgIpc) is 2.39. The zero-order chi connectivity index (χ0) is 14.6. The molecule has 0 bridgehead atoms. The molecule has 20 heavy (non-hydrogen) atoms. The predicted octanol–water partition coefficient (Wildman–Crippen LogP) is 1.76. The van der Waals surface area contributed by atoms with Crippen molar-refractivity contribution in [2.24, 2.45) is 0 Å². The van der Waals surface area contributed by atoms with Crippen molar-refractivity contribution in [1.82, 2.24) is 9.97 Å². The van der Waals surface area contributed by atoms with Gasteiger partial charge in [0.05, 0.1) is 6.42 Å². The molecule has 0 aromatic carbocycles. The van der Waals surface area contributed by atoms with Crippen LogP contribution in [0.25, 0.3) is 0 Å². The first-order valence-electron chi connectivity index (χ1n) is 6.56. The molecule has 0 radical (unpaired) electrons. The lowest BCUT2D eigenvalue weighted by atomic mass is 9.79. The van der Waals surface area contributed by atoms with E-state index in [1.165, 1.54) is 12.5 Å². The first-order chi connectivity index (χ1) is 9.52. The van der Waals surface area contributed by atoms with Gasteiger partial charge in [0.15, 0.2) is 0 Å². The number of nitrogens with zero attached hydrogens (tertiary/aromatic N) is 2. The molecular formula is C13H17N3O4. The summed E-state index contributed by atoms with van der Waals surface area (Å²) in [6.45, 7) is 0. The molecule has 2 rings (SSSR count). The second kappa shape index (κ2) is 5.85. The van der Waals surface area contributed by atoms with E-state index >= 15 is 0 Å². The van der Waals surface area contributed by atoms with E-state index in [-0.39, 0.29) is 17.8 Å². The lowest BCUT2D eigenvalue weighted by Gasteiger charge is -2.37. The number of carboxylic acid groups (broad SMARTS) is 2. The van der Waals surface area contributed by atoms with Crippen LogP contribution < -0.4 is 5.32 Å². The highest BCUT2D eigenvalue weighted by molar-refractivity contribution is 5.92. The number of hydrogen-bond acceptors (Lipinski definition) is 5. The number of carbonyl (C=O) groups is 2. The molecule has 1 aromatic rings. The molecule has 0 spiro atoms. The Kier molecular flexibility index (Phi) is 4.16. The van der Waals surface area contributed by atoms with E-state index < -0.39 is 17.5 Å². The number of aliphatic carboxylic acids is 1. The molecule has 1 fully saturated rings. The Morgan fingerprint density at radius 3 is 2.55 bits per heavy atom. The first kappa shape index (κ1) is 14.2. The Morgan fingerprint density at radius 1 is 1.25 bits per heavy atom. The van der Waals surface area contributed by atoms with Crippen molar-refractivity contribution in [3.8, 4) is 0 Å². The number of anilines is 1. The van der Waals surface area contributed by atoms with Crippen LogP contribution in [0, 0.1) is 0 Å². The molecule has 3 N–H and O–H groups in total. The van der Waals surface area contributed by atoms with E-state index in [0.717, 1.165) is 19.3 Å². The maximum atomic E-state index is 11.2. The summed E-state index contributed by atoms with van der Waals surface area (Å²) < 4.78 is 0. The van der Waals surface area contributed by atoms with Crippen LogP contribution in [0.4, 0.5) is 5.82 Å². The third-order valence-corrected chi connectivity index (χ3v) is 3.63. The highest BCUT2D eigenvalue weighted by atomic mass is 16.4. The summed E-state index contributed by atoms with van der Waals surface area (Å²) in [6.07, 6.45) is 6.74. The van der Waals surface area contributed by atoms with Crippen LogP contribution in [0.2, 0.25) is 0 Å². The van der Waals surface area contributed by atoms with Crippen LogP contribution in [-0.2, 0) is 4.79 Å². The van der Waals surface area contributed by atoms with Crippen molar-refractivity contribution in [3.05, 3.63) is 18.1 Å². The molecule has 1 aliphatic rings. The Labute approximate surface area is 116 Å². The van der Waals surface area contributed by atoms with Crippen LogP contribution in [0.15, 0.2) is 12.5 Å². The van der Waals surface area contributed by atoms with Gasteiger partial charge in [-0.1, -0.05) is 19.3 Å². The topological polar surface area (TPSA) is 112 Å². The Balaban J connectivity index is 2.28. The fraction of sp³-hybridized carbons (Fsp3) is 0.538. The summed E-state index contributed by atoms with van der Waals surface area (Å²) in [7, 11) is 0. The highest BCUT2D eigenvalue weighted by Crippen LogP contribution is 2.34. The molecule has 1 aliphatic carbocycles. The van der Waals surface area contributed by atoms with E-state index in [4.69, 9.17) is 10.2 Å². The molecule has 0 unspecified atom stereocenters. The van der Waals surface area contributed by atoms with E-state index in [2.05, 4.69) is 15.3 Å². The van der Waals surface area contributed by atoms with Gasteiger partial charge in [0.2, 0.25) is 0 Å². The van der Waals surface area contributed by atoms with Crippen molar-refractivity contribution < 1.29 is 19.8 Å². The van der Waals surface area contributed by atoms with Crippen LogP contribution in [0.3, 0.4) is 0 Å². The Morgan fingerprint density at radius 2 is 1.95 bits per heavy atom. The van der Waals surface area contributed by atoms with Gasteiger partial charge in [-0.3, -0.25) is 4.79 Å². The van der Waals surface area contributed by atoms with E-state index in [1.807, 2.05) is 0 Å². The summed E-state index contributed by atoms with van der Waals surface area (Å²) in [4.78, 5) is 29.9. The van der Waals surface area contributed by atoms with Crippen molar-refractivity contribution in [1.29, 1.82) is 0 Å². The van der Waals surface area contributed by atoms with Crippen LogP contribution in [-0.4, -0.2) is 37.7 Å². The number of aromatic carboxylic acids is 1. The maximum Gasteiger partial charge on any atom is 0.341 e. The molecule has 1 aromatic heterocycles. The van der Waals surface area contributed by atoms with Gasteiger partial charge in [-0.05, 0) is 12.8 Å². The number of nitrogens with one attached hydrogen (secondary N) is 1. The standard InChI is InChI=1S/C13H17N3O4/c17-10(18)6-13(4-2-1-3-5-13)16-11-9(12(19)20)7-14-8-15-11/h7-8H,1-6H2,(H,17,18)(H,19,20)(H,14,15,16). The minimum Gasteiger partial charge on any atom is -0.481 e. The van der Waals surface area contributed by atoms with Crippen LogP contribution >= 0.6 is 0 Å². The first-order valence-corrected chi connectivity index (χ1v) is 6.56. The third kappa shape index (κ3) is 3.23. The molecule has 7 heteroatoms. The minimum atomic E-state index is -1.13.